The zero-order valence-electron chi connectivity index (χ0n) is 18.5. The van der Waals surface area contributed by atoms with Crippen LogP contribution >= 0.6 is 21.8 Å². The topological polar surface area (TPSA) is 75.2 Å². The number of alkyl halides is 4. The van der Waals surface area contributed by atoms with E-state index >= 15 is 0 Å². The minimum atomic E-state index is -10.1. The Morgan fingerprint density at radius 1 is 1.05 bits per heavy atom. The summed E-state index contributed by atoms with van der Waals surface area (Å²) in [5, 5.41) is 2.56. The number of carbonyl (C=O) groups is 2. The predicted octanol–water partition coefficient (Wildman–Crippen LogP) is 6.29. The van der Waals surface area contributed by atoms with Crippen molar-refractivity contribution in [3.8, 4) is 0 Å². The second-order valence-corrected chi connectivity index (χ2v) is 11.8. The standard InChI is InChI=1S/C21H19ClF8N4O2S/c22-18(23)20(36)34(14-1-3-15(4-2-14)37(26,27,28,29)30)17(12-8-31-10-32-9-12)19(35)33-16-6-13-5-11(16)7-21(13,24)25/h1-4,8-11,13,16-18H,5-7H2,(H,33,35)/t11?,13?,16-,17+,18-/m0/s1. The van der Waals surface area contributed by atoms with Crippen LogP contribution in [0.2, 0.25) is 0 Å². The van der Waals surface area contributed by atoms with E-state index in [9.17, 15) is 42.2 Å². The Labute approximate surface area is 210 Å². The van der Waals surface area contributed by atoms with Crippen molar-refractivity contribution >= 4 is 39.3 Å². The van der Waals surface area contributed by atoms with E-state index in [1.54, 1.807) is 0 Å². The highest BCUT2D eigenvalue weighted by atomic mass is 35.5. The molecule has 2 fully saturated rings. The van der Waals surface area contributed by atoms with Crippen molar-refractivity contribution in [2.45, 2.75) is 47.8 Å². The summed E-state index contributed by atoms with van der Waals surface area (Å²) < 4.78 is 108. The van der Waals surface area contributed by atoms with Gasteiger partial charge in [-0.05, 0) is 43.0 Å². The van der Waals surface area contributed by atoms with Gasteiger partial charge < -0.3 is 5.32 Å². The first kappa shape index (κ1) is 27.4. The van der Waals surface area contributed by atoms with Crippen LogP contribution in [0.3, 0.4) is 0 Å². The lowest BCUT2D eigenvalue weighted by Crippen LogP contribution is -2.50. The summed E-state index contributed by atoms with van der Waals surface area (Å²) in [6.45, 7) is 0. The van der Waals surface area contributed by atoms with Gasteiger partial charge in [0.05, 0.1) is 0 Å². The fraction of sp³-hybridized carbons (Fsp3) is 0.429. The van der Waals surface area contributed by atoms with E-state index in [4.69, 9.17) is 11.6 Å². The van der Waals surface area contributed by atoms with Gasteiger partial charge in [0, 0.05) is 42.0 Å². The van der Waals surface area contributed by atoms with E-state index < -0.39 is 74.5 Å². The Morgan fingerprint density at radius 2 is 1.65 bits per heavy atom. The van der Waals surface area contributed by atoms with Crippen molar-refractivity contribution in [1.29, 1.82) is 0 Å². The minimum Gasteiger partial charge on any atom is -0.351 e. The molecule has 1 N–H and O–H groups in total. The first-order valence-corrected chi connectivity index (χ1v) is 13.1. The summed E-state index contributed by atoms with van der Waals surface area (Å²) in [5.74, 6) is -7.01. The zero-order valence-corrected chi connectivity index (χ0v) is 20.1. The lowest BCUT2D eigenvalue weighted by molar-refractivity contribution is -0.128. The van der Waals surface area contributed by atoms with E-state index in [1.807, 2.05) is 0 Å². The molecule has 0 aliphatic heterocycles. The van der Waals surface area contributed by atoms with E-state index in [1.165, 1.54) is 0 Å². The molecular formula is C21H19ClF8N4O2S. The van der Waals surface area contributed by atoms with Crippen LogP contribution in [-0.4, -0.2) is 39.4 Å². The van der Waals surface area contributed by atoms with Crippen LogP contribution in [0.4, 0.5) is 38.3 Å². The minimum absolute atomic E-state index is 0.00684. The van der Waals surface area contributed by atoms with Crippen LogP contribution in [0.25, 0.3) is 0 Å². The number of aromatic nitrogens is 2. The van der Waals surface area contributed by atoms with Crippen molar-refractivity contribution in [1.82, 2.24) is 15.3 Å². The number of nitrogens with zero attached hydrogens (tertiary/aromatic N) is 3. The fourth-order valence-corrected chi connectivity index (χ4v) is 5.65. The van der Waals surface area contributed by atoms with Gasteiger partial charge in [-0.1, -0.05) is 31.0 Å². The van der Waals surface area contributed by atoms with Gasteiger partial charge in [-0.3, -0.25) is 14.5 Å². The molecule has 1 heterocycles. The molecule has 0 spiro atoms. The van der Waals surface area contributed by atoms with Crippen molar-refractivity contribution < 1.29 is 42.2 Å². The molecule has 37 heavy (non-hydrogen) atoms. The van der Waals surface area contributed by atoms with Gasteiger partial charge in [0.15, 0.2) is 0 Å². The van der Waals surface area contributed by atoms with Crippen molar-refractivity contribution in [3.05, 3.63) is 48.5 Å². The molecule has 2 unspecified atom stereocenters. The van der Waals surface area contributed by atoms with Gasteiger partial charge in [0.2, 0.25) is 5.91 Å². The number of nitrogens with one attached hydrogen (secondary N) is 1. The molecule has 0 radical (unpaired) electrons. The highest BCUT2D eigenvalue weighted by Crippen LogP contribution is 3.02. The third kappa shape index (κ3) is 5.61. The predicted molar refractivity (Wildman–Crippen MR) is 119 cm³/mol. The molecule has 0 saturated heterocycles. The summed E-state index contributed by atoms with van der Waals surface area (Å²) in [4.78, 5) is 31.7. The number of amides is 2. The highest BCUT2D eigenvalue weighted by molar-refractivity contribution is 8.45. The summed E-state index contributed by atoms with van der Waals surface area (Å²) in [7, 11) is -10.1. The molecule has 1 aromatic carbocycles. The summed E-state index contributed by atoms with van der Waals surface area (Å²) in [5.41, 5.74) is -3.48. The molecule has 1 aromatic heterocycles. The van der Waals surface area contributed by atoms with E-state index in [0.29, 0.717) is 17.0 Å². The Kier molecular flexibility index (Phi) is 6.22. The molecule has 5 atom stereocenters. The molecule has 2 aromatic rings. The number of hydrogen-bond donors (Lipinski definition) is 1. The Balaban J connectivity index is 1.73. The fourth-order valence-electron chi connectivity index (χ4n) is 4.89. The molecule has 2 bridgehead atoms. The zero-order chi connectivity index (χ0) is 27.5. The van der Waals surface area contributed by atoms with Crippen LogP contribution in [0, 0.1) is 11.8 Å². The lowest BCUT2D eigenvalue weighted by atomic mass is 9.92. The molecule has 204 valence electrons. The number of anilines is 1. The maximum Gasteiger partial charge on any atom is 0.310 e. The summed E-state index contributed by atoms with van der Waals surface area (Å²) >= 11 is 5.31. The molecule has 2 aliphatic rings. The van der Waals surface area contributed by atoms with Gasteiger partial charge in [-0.25, -0.2) is 23.1 Å². The summed E-state index contributed by atoms with van der Waals surface area (Å²) in [6, 6.07) is -1.62. The van der Waals surface area contributed by atoms with Gasteiger partial charge in [-0.2, -0.15) is 0 Å². The molecule has 2 amide bonds. The first-order valence-electron chi connectivity index (χ1n) is 10.8. The average Bonchev–Trinajstić information content (AvgIpc) is 3.31. The maximum atomic E-state index is 14.0. The van der Waals surface area contributed by atoms with Crippen LogP contribution in [0.1, 0.15) is 30.9 Å². The van der Waals surface area contributed by atoms with Crippen molar-refractivity contribution in [2.75, 3.05) is 4.90 Å². The maximum absolute atomic E-state index is 14.0. The second kappa shape index (κ2) is 8.41. The normalized spacial score (nSPS) is 26.0. The van der Waals surface area contributed by atoms with Crippen LogP contribution in [-0.2, 0) is 9.59 Å². The third-order valence-electron chi connectivity index (χ3n) is 6.54. The number of fused-ring (bicyclic) bond motifs is 2. The van der Waals surface area contributed by atoms with Crippen LogP contribution < -0.4 is 10.2 Å². The molecule has 2 saturated carbocycles. The number of halogens is 9. The molecule has 2 aliphatic carbocycles. The Morgan fingerprint density at radius 3 is 2.11 bits per heavy atom. The van der Waals surface area contributed by atoms with E-state index in [0.717, 1.165) is 18.7 Å². The molecule has 16 heteroatoms. The lowest BCUT2D eigenvalue weighted by Gasteiger charge is -2.40. The van der Waals surface area contributed by atoms with Crippen molar-refractivity contribution in [2.24, 2.45) is 11.8 Å². The number of hydrogen-bond acceptors (Lipinski definition) is 4. The third-order valence-corrected chi connectivity index (χ3v) is 7.89. The second-order valence-electron chi connectivity index (χ2n) is 9.05. The van der Waals surface area contributed by atoms with Crippen LogP contribution in [0.5, 0.6) is 0 Å². The highest BCUT2D eigenvalue weighted by Gasteiger charge is 2.65. The van der Waals surface area contributed by atoms with Gasteiger partial charge in [-0.15, -0.1) is 0 Å². The molecule has 4 rings (SSSR count). The number of carbonyl (C=O) groups excluding carboxylic acids is 2. The average molecular weight is 579 g/mol. The van der Waals surface area contributed by atoms with Gasteiger partial charge in [0.25, 0.3) is 17.5 Å². The monoisotopic (exact) mass is 578 g/mol. The van der Waals surface area contributed by atoms with E-state index in [2.05, 4.69) is 15.3 Å². The quantitative estimate of drug-likeness (QED) is 0.309. The van der Waals surface area contributed by atoms with E-state index in [-0.39, 0.29) is 30.5 Å². The SMILES string of the molecule is O=C(N[C@H]1CC2CC1CC2(F)F)[C@@H](c1cncnc1)N(C(=O)[C@H](F)Cl)c1ccc(S(F)(F)(F)(F)F)cc1. The molecular weight excluding hydrogens is 560 g/mol. The Hall–Kier alpha value is -2.68. The molecule has 6 nitrogen and oxygen atoms in total. The smallest absolute Gasteiger partial charge is 0.310 e. The number of benzene rings is 1. The van der Waals surface area contributed by atoms with Crippen molar-refractivity contribution in [3.63, 3.8) is 0 Å². The van der Waals surface area contributed by atoms with Gasteiger partial charge >= 0.3 is 10.2 Å². The van der Waals surface area contributed by atoms with Crippen LogP contribution in [0.15, 0.2) is 47.9 Å². The Bertz CT molecular complexity index is 1200. The first-order chi connectivity index (χ1) is 16.9. The summed E-state index contributed by atoms with van der Waals surface area (Å²) in [6.07, 6.45) is 2.83. The largest absolute Gasteiger partial charge is 0.351 e. The van der Waals surface area contributed by atoms with Gasteiger partial charge in [0.1, 0.15) is 17.3 Å². The number of rotatable bonds is 7.